The molecule has 0 radical (unpaired) electrons. The number of allylic oxidation sites excluding steroid dienone is 1. The van der Waals surface area contributed by atoms with E-state index in [-0.39, 0.29) is 24.1 Å². The summed E-state index contributed by atoms with van der Waals surface area (Å²) < 4.78 is 39.9. The number of ketones is 1. The summed E-state index contributed by atoms with van der Waals surface area (Å²) >= 11 is 0. The zero-order valence-electron chi connectivity index (χ0n) is 24.6. The maximum absolute atomic E-state index is 13.1. The third-order valence-corrected chi connectivity index (χ3v) is 8.08. The molecule has 0 amide bonds. The first-order valence-corrected chi connectivity index (χ1v) is 13.8. The van der Waals surface area contributed by atoms with Crippen LogP contribution >= 0.6 is 0 Å². The largest absolute Gasteiger partial charge is 0.463 e. The number of hydrogen-bond donors (Lipinski definition) is 0. The van der Waals surface area contributed by atoms with Crippen molar-refractivity contribution in [2.45, 2.75) is 97.8 Å². The number of ether oxygens (including phenoxy) is 7. The summed E-state index contributed by atoms with van der Waals surface area (Å²) in [5, 5.41) is 0. The molecule has 0 saturated carbocycles. The van der Waals surface area contributed by atoms with Crippen molar-refractivity contribution in [3.63, 3.8) is 0 Å². The van der Waals surface area contributed by atoms with Crippen LogP contribution in [-0.4, -0.2) is 85.2 Å². The van der Waals surface area contributed by atoms with E-state index in [1.165, 1.54) is 13.0 Å². The lowest BCUT2D eigenvalue weighted by atomic mass is 9.81. The van der Waals surface area contributed by atoms with E-state index in [0.717, 1.165) is 26.3 Å². The topological polar surface area (TPSA) is 167 Å². The van der Waals surface area contributed by atoms with Gasteiger partial charge in [0.05, 0.1) is 12.0 Å². The first-order valence-electron chi connectivity index (χ1n) is 13.8. The fraction of sp³-hybridized carbons (Fsp3) is 0.655. The van der Waals surface area contributed by atoms with Crippen LogP contribution in [0.2, 0.25) is 0 Å². The van der Waals surface area contributed by atoms with Crippen molar-refractivity contribution in [1.82, 2.24) is 0 Å². The Bertz CT molecular complexity index is 1230. The maximum atomic E-state index is 13.1. The lowest BCUT2D eigenvalue weighted by Gasteiger charge is -2.45. The molecule has 4 rings (SSSR count). The van der Waals surface area contributed by atoms with Gasteiger partial charge in [0.25, 0.3) is 0 Å². The molecule has 0 spiro atoms. The average molecular weight is 593 g/mol. The standard InChI is InChI=1S/C29H36O13/c1-11-8-19(34)23-13(3)20(9-18-12(2)28(35)42-24(18)22(11)23)40-29-27(39-17(7)33)26(38-16(6)32)25(37-15(5)31)21(41-29)10-36-14(4)30/h8,12,18,20-22,24-27,29H,9-10H2,1-7H3/t12-,18-,20?,21+,22-,24-,25+,26-,27+,29+/m0/s1. The summed E-state index contributed by atoms with van der Waals surface area (Å²) in [6.07, 6.45) is -6.38. The molecular weight excluding hydrogens is 556 g/mol. The van der Waals surface area contributed by atoms with Gasteiger partial charge in [0.2, 0.25) is 0 Å². The summed E-state index contributed by atoms with van der Waals surface area (Å²) in [5.41, 5.74) is 1.82. The Morgan fingerprint density at radius 3 is 2.07 bits per heavy atom. The van der Waals surface area contributed by atoms with E-state index in [1.54, 1.807) is 13.8 Å². The maximum Gasteiger partial charge on any atom is 0.309 e. The van der Waals surface area contributed by atoms with Crippen LogP contribution in [0.1, 0.15) is 54.9 Å². The van der Waals surface area contributed by atoms with Crippen molar-refractivity contribution < 1.29 is 61.9 Å². The van der Waals surface area contributed by atoms with Gasteiger partial charge in [-0.05, 0) is 31.9 Å². The third-order valence-electron chi connectivity index (χ3n) is 8.08. The number of fused-ring (bicyclic) bond motifs is 3. The van der Waals surface area contributed by atoms with E-state index >= 15 is 0 Å². The Kier molecular flexibility index (Phi) is 9.21. The molecular formula is C29H36O13. The highest BCUT2D eigenvalue weighted by Crippen LogP contribution is 2.49. The molecule has 13 nitrogen and oxygen atoms in total. The minimum absolute atomic E-state index is 0.221. The fourth-order valence-electron chi connectivity index (χ4n) is 6.28. The molecule has 0 aromatic heterocycles. The third kappa shape index (κ3) is 6.26. The van der Waals surface area contributed by atoms with Gasteiger partial charge >= 0.3 is 29.8 Å². The number of esters is 5. The Morgan fingerprint density at radius 2 is 1.48 bits per heavy atom. The predicted molar refractivity (Wildman–Crippen MR) is 139 cm³/mol. The molecule has 2 heterocycles. The second-order valence-corrected chi connectivity index (χ2v) is 11.1. The monoisotopic (exact) mass is 592 g/mol. The molecule has 0 N–H and O–H groups in total. The van der Waals surface area contributed by atoms with Crippen LogP contribution in [0.15, 0.2) is 22.8 Å². The van der Waals surface area contributed by atoms with Gasteiger partial charge in [-0.3, -0.25) is 28.8 Å². The molecule has 2 saturated heterocycles. The molecule has 42 heavy (non-hydrogen) atoms. The minimum Gasteiger partial charge on any atom is -0.463 e. The Hall–Kier alpha value is -3.58. The predicted octanol–water partition coefficient (Wildman–Crippen LogP) is 1.50. The molecule has 2 aliphatic heterocycles. The Morgan fingerprint density at radius 1 is 0.881 bits per heavy atom. The molecule has 1 unspecified atom stereocenters. The number of carbonyl (C=O) groups excluding carboxylic acids is 6. The zero-order valence-corrected chi connectivity index (χ0v) is 24.6. The highest BCUT2D eigenvalue weighted by Gasteiger charge is 2.56. The first kappa shape index (κ1) is 31.4. The molecule has 0 bridgehead atoms. The van der Waals surface area contributed by atoms with Crippen molar-refractivity contribution in [3.8, 4) is 0 Å². The van der Waals surface area contributed by atoms with E-state index in [0.29, 0.717) is 11.1 Å². The van der Waals surface area contributed by atoms with Gasteiger partial charge in [0, 0.05) is 45.1 Å². The molecule has 2 aliphatic carbocycles. The fourth-order valence-corrected chi connectivity index (χ4v) is 6.28. The van der Waals surface area contributed by atoms with Crippen LogP contribution in [0.4, 0.5) is 0 Å². The summed E-state index contributed by atoms with van der Waals surface area (Å²) in [6, 6.07) is 0. The summed E-state index contributed by atoms with van der Waals surface area (Å²) in [5.74, 6) is -4.75. The van der Waals surface area contributed by atoms with E-state index in [2.05, 4.69) is 0 Å². The van der Waals surface area contributed by atoms with E-state index in [1.807, 2.05) is 6.92 Å². The van der Waals surface area contributed by atoms with Gasteiger partial charge in [-0.1, -0.05) is 12.5 Å². The van der Waals surface area contributed by atoms with Crippen molar-refractivity contribution in [2.24, 2.45) is 17.8 Å². The van der Waals surface area contributed by atoms with Crippen LogP contribution in [0.3, 0.4) is 0 Å². The van der Waals surface area contributed by atoms with Gasteiger partial charge in [0.1, 0.15) is 18.8 Å². The highest BCUT2D eigenvalue weighted by atomic mass is 16.7. The second-order valence-electron chi connectivity index (χ2n) is 11.1. The van der Waals surface area contributed by atoms with E-state index in [4.69, 9.17) is 33.2 Å². The smallest absolute Gasteiger partial charge is 0.309 e. The van der Waals surface area contributed by atoms with Crippen LogP contribution in [-0.2, 0) is 61.9 Å². The molecule has 13 heteroatoms. The van der Waals surface area contributed by atoms with Crippen LogP contribution in [0.25, 0.3) is 0 Å². The van der Waals surface area contributed by atoms with Crippen molar-refractivity contribution >= 4 is 35.6 Å². The van der Waals surface area contributed by atoms with Crippen LogP contribution < -0.4 is 0 Å². The average Bonchev–Trinajstić information content (AvgIpc) is 3.28. The van der Waals surface area contributed by atoms with Crippen LogP contribution in [0, 0.1) is 17.8 Å². The second kappa shape index (κ2) is 12.3. The summed E-state index contributed by atoms with van der Waals surface area (Å²) in [7, 11) is 0. The van der Waals surface area contributed by atoms with Gasteiger partial charge in [-0.15, -0.1) is 0 Å². The Balaban J connectivity index is 1.76. The molecule has 230 valence electrons. The zero-order chi connectivity index (χ0) is 31.0. The molecule has 0 aromatic carbocycles. The van der Waals surface area contributed by atoms with E-state index < -0.39 is 85.2 Å². The minimum atomic E-state index is -1.43. The lowest BCUT2D eigenvalue weighted by Crippen LogP contribution is -2.63. The number of hydrogen-bond acceptors (Lipinski definition) is 13. The van der Waals surface area contributed by atoms with Gasteiger partial charge in [-0.25, -0.2) is 0 Å². The SMILES string of the molecule is CC(=O)OC[C@H]1O[C@@H](OC2C[C@@H]3[C@H](OC(=O)[C@H]3C)[C@H]3C(C)=CC(=O)C3=C2C)[C@H](OC(C)=O)[C@@H](OC(C)=O)[C@@H]1OC(C)=O. The van der Waals surface area contributed by atoms with Gasteiger partial charge in [0.15, 0.2) is 30.4 Å². The highest BCUT2D eigenvalue weighted by molar-refractivity contribution is 6.09. The van der Waals surface area contributed by atoms with Gasteiger partial charge < -0.3 is 33.2 Å². The molecule has 2 fully saturated rings. The van der Waals surface area contributed by atoms with Crippen molar-refractivity contribution in [3.05, 3.63) is 22.8 Å². The first-order chi connectivity index (χ1) is 19.7. The normalized spacial score (nSPS) is 35.7. The number of rotatable bonds is 7. The van der Waals surface area contributed by atoms with Crippen LogP contribution in [0.5, 0.6) is 0 Å². The van der Waals surface area contributed by atoms with Crippen molar-refractivity contribution in [1.29, 1.82) is 0 Å². The molecule has 10 atom stereocenters. The summed E-state index contributed by atoms with van der Waals surface area (Å²) in [4.78, 5) is 73.8. The number of carbonyl (C=O) groups is 6. The van der Waals surface area contributed by atoms with Gasteiger partial charge in [-0.2, -0.15) is 0 Å². The van der Waals surface area contributed by atoms with Crippen molar-refractivity contribution in [2.75, 3.05) is 6.61 Å². The summed E-state index contributed by atoms with van der Waals surface area (Å²) in [6.45, 7) is 9.49. The van der Waals surface area contributed by atoms with E-state index in [9.17, 15) is 28.8 Å². The molecule has 4 aliphatic rings. The molecule has 0 aromatic rings. The lowest BCUT2D eigenvalue weighted by molar-refractivity contribution is -0.315. The quantitative estimate of drug-likeness (QED) is 0.308. The Labute approximate surface area is 242 Å².